The zero-order valence-corrected chi connectivity index (χ0v) is 38.3. The molecule has 0 atom stereocenters. The van der Waals surface area contributed by atoms with Crippen molar-refractivity contribution in [2.24, 2.45) is 4.99 Å². The highest BCUT2D eigenvalue weighted by Crippen LogP contribution is 2.30. The number of nitrogen functional groups attached to an aromatic ring is 1. The van der Waals surface area contributed by atoms with Gasteiger partial charge in [0.1, 0.15) is 0 Å². The normalized spacial score (nSPS) is 11.2. The van der Waals surface area contributed by atoms with Gasteiger partial charge in [-0.3, -0.25) is 15.1 Å². The number of allylic oxidation sites excluding steroid dienone is 1. The number of halogens is 1. The number of benzene rings is 8. The van der Waals surface area contributed by atoms with Gasteiger partial charge in [-0.2, -0.15) is 0 Å². The minimum atomic E-state index is -0.579. The summed E-state index contributed by atoms with van der Waals surface area (Å²) in [6.45, 7) is 0. The molecule has 0 aromatic heterocycles. The molecule has 332 valence electrons. The molecule has 0 fully saturated rings. The quantitative estimate of drug-likeness (QED) is 0.0417. The SMILES string of the molecule is COC(=O)c1cc(C2=CN=CC2)cc2ccccc12.COC(=O)c1cc(I)cc2ccccc12.COC(=O)c1cc(N)cc2ccccc12.COC(=O)c1cc([N+](=O)[O-])cc2ccccc12. The van der Waals surface area contributed by atoms with Gasteiger partial charge < -0.3 is 24.7 Å². The van der Waals surface area contributed by atoms with E-state index in [1.807, 2.05) is 109 Å². The highest BCUT2D eigenvalue weighted by atomic mass is 127. The smallest absolute Gasteiger partial charge is 0.338 e. The van der Waals surface area contributed by atoms with Gasteiger partial charge in [0.25, 0.3) is 5.69 Å². The third kappa shape index (κ3) is 11.2. The molecule has 0 saturated heterocycles. The Morgan fingerprint density at radius 2 is 0.939 bits per heavy atom. The van der Waals surface area contributed by atoms with Gasteiger partial charge in [0.05, 0.1) is 55.6 Å². The molecule has 66 heavy (non-hydrogen) atoms. The summed E-state index contributed by atoms with van der Waals surface area (Å²) in [5, 5.41) is 17.8. The number of fused-ring (bicyclic) bond motifs is 4. The van der Waals surface area contributed by atoms with E-state index in [1.165, 1.54) is 40.6 Å². The number of esters is 4. The van der Waals surface area contributed by atoms with Crippen molar-refractivity contribution < 1.29 is 43.0 Å². The van der Waals surface area contributed by atoms with Gasteiger partial charge in [0.15, 0.2) is 0 Å². The summed E-state index contributed by atoms with van der Waals surface area (Å²) in [7, 11) is 5.41. The zero-order chi connectivity index (χ0) is 47.3. The summed E-state index contributed by atoms with van der Waals surface area (Å²) < 4.78 is 20.0. The van der Waals surface area contributed by atoms with E-state index in [1.54, 1.807) is 30.3 Å². The Labute approximate surface area is 392 Å². The number of ether oxygens (including phenoxy) is 4. The van der Waals surface area contributed by atoms with Crippen molar-refractivity contribution in [3.8, 4) is 0 Å². The molecule has 1 heterocycles. The standard InChI is InChI=1S/C16H13NO2.C12H9IO2.C12H9NO4.C12H11NO2/c1-19-16(18)15-9-13(12-6-7-17-10-12)8-11-4-2-3-5-14(11)15;1-15-12(14)11-7-9(13)6-8-4-2-3-5-10(8)11;1-17-12(14)11-7-9(13(15)16)6-8-4-2-3-5-10(8)11;1-15-12(14)11-7-9(13)6-8-4-2-3-5-10(8)11/h2-5,7-10H,6H2,1H3;2-7H,1H3;2-7H,1H3;2-7H,13H2,1H3. The van der Waals surface area contributed by atoms with Crippen LogP contribution in [0.1, 0.15) is 53.4 Å². The number of carbonyl (C=O) groups is 4. The van der Waals surface area contributed by atoms with E-state index in [9.17, 15) is 29.3 Å². The number of hydrogen-bond donors (Lipinski definition) is 1. The van der Waals surface area contributed by atoms with Crippen LogP contribution in [0.2, 0.25) is 0 Å². The highest BCUT2D eigenvalue weighted by Gasteiger charge is 2.18. The molecule has 14 heteroatoms. The van der Waals surface area contributed by atoms with E-state index in [2.05, 4.69) is 38.4 Å². The molecule has 0 unspecified atom stereocenters. The van der Waals surface area contributed by atoms with Crippen molar-refractivity contribution in [1.29, 1.82) is 0 Å². The van der Waals surface area contributed by atoms with Crippen molar-refractivity contribution in [3.63, 3.8) is 0 Å². The van der Waals surface area contributed by atoms with E-state index < -0.39 is 10.9 Å². The Morgan fingerprint density at radius 3 is 1.38 bits per heavy atom. The third-order valence-electron chi connectivity index (χ3n) is 10.3. The molecule has 9 rings (SSSR count). The number of hydrogen-bond acceptors (Lipinski definition) is 12. The first-order chi connectivity index (χ1) is 31.9. The largest absolute Gasteiger partial charge is 0.465 e. The van der Waals surface area contributed by atoms with Crippen LogP contribution in [0, 0.1) is 13.7 Å². The van der Waals surface area contributed by atoms with Gasteiger partial charge >= 0.3 is 23.9 Å². The molecule has 0 radical (unpaired) electrons. The Balaban J connectivity index is 0.000000146. The van der Waals surface area contributed by atoms with Crippen LogP contribution in [0.5, 0.6) is 0 Å². The molecular formula is C52H42IN3O10. The van der Waals surface area contributed by atoms with Crippen LogP contribution in [-0.2, 0) is 18.9 Å². The van der Waals surface area contributed by atoms with Crippen molar-refractivity contribution in [2.45, 2.75) is 6.42 Å². The molecule has 0 spiro atoms. The number of nitro groups is 1. The maximum Gasteiger partial charge on any atom is 0.338 e. The molecular weight excluding hydrogens is 953 g/mol. The predicted molar refractivity (Wildman–Crippen MR) is 266 cm³/mol. The van der Waals surface area contributed by atoms with E-state index >= 15 is 0 Å². The van der Waals surface area contributed by atoms with E-state index in [-0.39, 0.29) is 29.2 Å². The van der Waals surface area contributed by atoms with Gasteiger partial charge in [-0.25, -0.2) is 19.2 Å². The van der Waals surface area contributed by atoms with Crippen LogP contribution < -0.4 is 5.73 Å². The first-order valence-electron chi connectivity index (χ1n) is 20.1. The monoisotopic (exact) mass is 995 g/mol. The number of nitro benzene ring substituents is 1. The van der Waals surface area contributed by atoms with Crippen LogP contribution in [-0.4, -0.2) is 63.5 Å². The number of anilines is 1. The summed E-state index contributed by atoms with van der Waals surface area (Å²) in [4.78, 5) is 60.9. The fraction of sp³-hybridized carbons (Fsp3) is 0.0962. The minimum absolute atomic E-state index is 0.121. The average molecular weight is 996 g/mol. The van der Waals surface area contributed by atoms with Crippen molar-refractivity contribution in [2.75, 3.05) is 34.2 Å². The van der Waals surface area contributed by atoms with Crippen molar-refractivity contribution in [1.82, 2.24) is 0 Å². The zero-order valence-electron chi connectivity index (χ0n) is 36.2. The number of nitrogens with zero attached hydrogens (tertiary/aromatic N) is 2. The number of non-ortho nitro benzene ring substituents is 1. The van der Waals surface area contributed by atoms with Gasteiger partial charge in [-0.05, 0) is 113 Å². The second-order valence-electron chi connectivity index (χ2n) is 14.3. The Hall–Kier alpha value is -7.98. The number of carbonyl (C=O) groups excluding carboxylic acids is 4. The number of rotatable bonds is 6. The molecule has 0 bridgehead atoms. The Bertz CT molecular complexity index is 3120. The maximum absolute atomic E-state index is 11.9. The first-order valence-corrected chi connectivity index (χ1v) is 21.2. The predicted octanol–water partition coefficient (Wildman–Crippen LogP) is 11.4. The lowest BCUT2D eigenvalue weighted by Gasteiger charge is -2.09. The van der Waals surface area contributed by atoms with Crippen LogP contribution in [0.3, 0.4) is 0 Å². The molecule has 0 saturated carbocycles. The topological polar surface area (TPSA) is 187 Å². The third-order valence-corrected chi connectivity index (χ3v) is 10.9. The molecule has 1 aliphatic heterocycles. The molecule has 0 amide bonds. The van der Waals surface area contributed by atoms with Crippen molar-refractivity contribution >= 4 is 113 Å². The fourth-order valence-corrected chi connectivity index (χ4v) is 7.81. The van der Waals surface area contributed by atoms with Gasteiger partial charge in [0, 0.05) is 40.2 Å². The molecule has 0 aliphatic carbocycles. The number of aliphatic imine (C=N–C) groups is 1. The Morgan fingerprint density at radius 1 is 0.545 bits per heavy atom. The van der Waals surface area contributed by atoms with E-state index in [4.69, 9.17) is 19.9 Å². The lowest BCUT2D eigenvalue weighted by Crippen LogP contribution is -2.03. The summed E-state index contributed by atoms with van der Waals surface area (Å²) in [6, 6.07) is 44.1. The van der Waals surface area contributed by atoms with Crippen LogP contribution in [0.4, 0.5) is 11.4 Å². The minimum Gasteiger partial charge on any atom is -0.465 e. The van der Waals surface area contributed by atoms with Crippen LogP contribution in [0.15, 0.2) is 157 Å². The Kier molecular flexibility index (Phi) is 15.9. The molecule has 8 aromatic rings. The first kappa shape index (κ1) is 47.5. The lowest BCUT2D eigenvalue weighted by molar-refractivity contribution is -0.384. The summed E-state index contributed by atoms with van der Waals surface area (Å²) >= 11 is 2.20. The van der Waals surface area contributed by atoms with Gasteiger partial charge in [0.2, 0.25) is 0 Å². The van der Waals surface area contributed by atoms with Crippen LogP contribution >= 0.6 is 22.6 Å². The molecule has 2 N–H and O–H groups in total. The lowest BCUT2D eigenvalue weighted by atomic mass is 9.96. The van der Waals surface area contributed by atoms with E-state index in [0.717, 1.165) is 53.4 Å². The summed E-state index contributed by atoms with van der Waals surface area (Å²) in [6.07, 6.45) is 4.51. The second-order valence-corrected chi connectivity index (χ2v) is 15.6. The fourth-order valence-electron chi connectivity index (χ4n) is 7.16. The van der Waals surface area contributed by atoms with Gasteiger partial charge in [-0.15, -0.1) is 0 Å². The summed E-state index contributed by atoms with van der Waals surface area (Å²) in [5.74, 6) is -1.54. The maximum atomic E-state index is 11.9. The van der Waals surface area contributed by atoms with Crippen molar-refractivity contribution in [3.05, 3.63) is 193 Å². The highest BCUT2D eigenvalue weighted by molar-refractivity contribution is 14.1. The average Bonchev–Trinajstić information content (AvgIpc) is 3.90. The molecule has 1 aliphatic rings. The molecule has 13 nitrogen and oxygen atoms in total. The van der Waals surface area contributed by atoms with Crippen LogP contribution in [0.25, 0.3) is 48.7 Å². The molecule has 8 aromatic carbocycles. The number of methoxy groups -OCH3 is 4. The van der Waals surface area contributed by atoms with Gasteiger partial charge in [-0.1, -0.05) is 97.1 Å². The second kappa shape index (κ2) is 22.1. The number of nitrogens with two attached hydrogens (primary N) is 1. The van der Waals surface area contributed by atoms with E-state index in [0.29, 0.717) is 33.2 Å². The summed E-state index contributed by atoms with van der Waals surface area (Å²) in [5.41, 5.74) is 10.2.